The van der Waals surface area contributed by atoms with Gasteiger partial charge in [-0.3, -0.25) is 9.59 Å². The van der Waals surface area contributed by atoms with Gasteiger partial charge in [-0.05, 0) is 31.9 Å². The first kappa shape index (κ1) is 16.9. The number of aromatic nitrogens is 4. The molecule has 9 heteroatoms. The van der Waals surface area contributed by atoms with E-state index in [-0.39, 0.29) is 17.4 Å². The number of ketones is 1. The highest BCUT2D eigenvalue weighted by Crippen LogP contribution is 2.39. The Morgan fingerprint density at radius 2 is 2.12 bits per heavy atom. The first-order valence-corrected chi connectivity index (χ1v) is 10.5. The fraction of sp³-hybridized carbons (Fsp3) is 0.348. The van der Waals surface area contributed by atoms with Crippen LogP contribution < -0.4 is 15.5 Å². The van der Waals surface area contributed by atoms with Gasteiger partial charge in [-0.1, -0.05) is 12.9 Å². The molecule has 1 aliphatic heterocycles. The van der Waals surface area contributed by atoms with Gasteiger partial charge >= 0.3 is 0 Å². The summed E-state index contributed by atoms with van der Waals surface area (Å²) < 4.78 is 24.3. The van der Waals surface area contributed by atoms with Gasteiger partial charge in [0.1, 0.15) is 11.6 Å². The highest BCUT2D eigenvalue weighted by Gasteiger charge is 2.30. The first-order valence-electron chi connectivity index (χ1n) is 12.0. The van der Waals surface area contributed by atoms with Crippen LogP contribution >= 0.6 is 0 Å². The Morgan fingerprint density at radius 3 is 2.91 bits per heavy atom. The number of nitrogens with zero attached hydrogens (tertiary/aromatic N) is 5. The molecule has 0 saturated heterocycles. The topological polar surface area (TPSA) is 105 Å². The van der Waals surface area contributed by atoms with Gasteiger partial charge in [0.15, 0.2) is 11.6 Å². The predicted octanol–water partition coefficient (Wildman–Crippen LogP) is 3.61. The van der Waals surface area contributed by atoms with Crippen LogP contribution in [0.15, 0.2) is 30.5 Å². The third-order valence-corrected chi connectivity index (χ3v) is 5.62. The van der Waals surface area contributed by atoms with E-state index in [1.807, 2.05) is 37.1 Å². The van der Waals surface area contributed by atoms with Crippen LogP contribution in [0.2, 0.25) is 0 Å². The molecule has 1 saturated carbocycles. The lowest BCUT2D eigenvalue weighted by Crippen LogP contribution is -2.27. The third kappa shape index (κ3) is 3.59. The van der Waals surface area contributed by atoms with Crippen molar-refractivity contribution in [1.29, 1.82) is 0 Å². The average Bonchev–Trinajstić information content (AvgIpc) is 3.55. The zero-order valence-corrected chi connectivity index (χ0v) is 17.8. The van der Waals surface area contributed by atoms with E-state index >= 15 is 0 Å². The second-order valence-corrected chi connectivity index (χ2v) is 8.12. The van der Waals surface area contributed by atoms with E-state index in [2.05, 4.69) is 25.7 Å². The maximum absolute atomic E-state index is 12.9. The molecule has 32 heavy (non-hydrogen) atoms. The van der Waals surface area contributed by atoms with E-state index in [4.69, 9.17) is 4.11 Å². The molecule has 1 amide bonds. The summed E-state index contributed by atoms with van der Waals surface area (Å²) >= 11 is 0. The second kappa shape index (κ2) is 7.74. The minimum Gasteiger partial charge on any atom is -0.364 e. The van der Waals surface area contributed by atoms with Crippen molar-refractivity contribution in [3.8, 4) is 5.69 Å². The maximum atomic E-state index is 12.9. The smallest absolute Gasteiger partial charge is 0.228 e. The zero-order chi connectivity index (χ0) is 24.9. The van der Waals surface area contributed by atoms with Crippen molar-refractivity contribution >= 4 is 34.6 Å². The zero-order valence-electron chi connectivity index (χ0n) is 20.8. The molecule has 5 rings (SSSR count). The summed E-state index contributed by atoms with van der Waals surface area (Å²) in [6.07, 6.45) is 2.39. The van der Waals surface area contributed by atoms with Gasteiger partial charge in [-0.15, -0.1) is 0 Å². The number of hydrogen-bond donors (Lipinski definition) is 2. The number of pyridine rings is 1. The summed E-state index contributed by atoms with van der Waals surface area (Å²) in [4.78, 5) is 35.9. The fourth-order valence-electron chi connectivity index (χ4n) is 3.91. The highest BCUT2D eigenvalue weighted by atomic mass is 16.2. The van der Waals surface area contributed by atoms with Gasteiger partial charge in [-0.2, -0.15) is 5.10 Å². The number of carbonyl (C=O) groups excluding carboxylic acids is 2. The molecule has 0 unspecified atom stereocenters. The summed E-state index contributed by atoms with van der Waals surface area (Å²) in [7, 11) is 1.94. The van der Waals surface area contributed by atoms with Crippen molar-refractivity contribution in [2.75, 3.05) is 22.6 Å². The van der Waals surface area contributed by atoms with Gasteiger partial charge in [0.05, 0.1) is 34.9 Å². The molecule has 0 spiro atoms. The SMILES string of the molecule is [2H]C([2H])([2H])CC(=O)c1cnc(NC(=O)C2CC2)cc1Nc1cccc2c1N(C)Cc1nc(C)nn1-2. The first-order chi connectivity index (χ1) is 16.6. The van der Waals surface area contributed by atoms with Crippen LogP contribution in [0.5, 0.6) is 0 Å². The van der Waals surface area contributed by atoms with Crippen molar-refractivity contribution in [2.45, 2.75) is 39.6 Å². The maximum Gasteiger partial charge on any atom is 0.228 e. The summed E-state index contributed by atoms with van der Waals surface area (Å²) in [5, 5.41) is 10.6. The van der Waals surface area contributed by atoms with Gasteiger partial charge in [0.2, 0.25) is 5.91 Å². The second-order valence-electron chi connectivity index (χ2n) is 8.12. The van der Waals surface area contributed by atoms with Gasteiger partial charge in [0.25, 0.3) is 0 Å². The Morgan fingerprint density at radius 1 is 1.28 bits per heavy atom. The van der Waals surface area contributed by atoms with Crippen LogP contribution in [0.3, 0.4) is 0 Å². The minimum atomic E-state index is -2.42. The van der Waals surface area contributed by atoms with E-state index < -0.39 is 19.1 Å². The number of rotatable bonds is 6. The summed E-state index contributed by atoms with van der Waals surface area (Å²) in [5.41, 5.74) is 2.87. The number of hydrogen-bond acceptors (Lipinski definition) is 7. The summed E-state index contributed by atoms with van der Waals surface area (Å²) in [5.74, 6) is 1.09. The van der Waals surface area contributed by atoms with E-state index in [0.717, 1.165) is 30.0 Å². The van der Waals surface area contributed by atoms with E-state index in [1.54, 1.807) is 10.7 Å². The summed E-state index contributed by atoms with van der Waals surface area (Å²) in [6, 6.07) is 7.23. The molecular formula is C23H25N7O2. The van der Waals surface area contributed by atoms with Gasteiger partial charge < -0.3 is 15.5 Å². The van der Waals surface area contributed by atoms with Crippen molar-refractivity contribution in [2.24, 2.45) is 5.92 Å². The molecule has 3 heterocycles. The number of aryl methyl sites for hydroxylation is 1. The number of amides is 1. The Balaban J connectivity index is 1.54. The quantitative estimate of drug-likeness (QED) is 0.571. The number of para-hydroxylation sites is 1. The number of Topliss-reactive ketones (excluding diaryl/α,β-unsaturated/α-hetero) is 1. The molecule has 1 aliphatic carbocycles. The molecule has 164 valence electrons. The van der Waals surface area contributed by atoms with Crippen molar-refractivity contribution in [3.63, 3.8) is 0 Å². The largest absolute Gasteiger partial charge is 0.364 e. The highest BCUT2D eigenvalue weighted by molar-refractivity contribution is 6.03. The number of nitrogens with one attached hydrogen (secondary N) is 2. The molecule has 0 radical (unpaired) electrons. The average molecular weight is 435 g/mol. The number of carbonyl (C=O) groups is 2. The number of anilines is 4. The lowest BCUT2D eigenvalue weighted by molar-refractivity contribution is -0.117. The molecular weight excluding hydrogens is 406 g/mol. The van der Waals surface area contributed by atoms with Crippen molar-refractivity contribution < 1.29 is 13.7 Å². The molecule has 3 aromatic rings. The van der Waals surface area contributed by atoms with Gasteiger partial charge in [0, 0.05) is 35.8 Å². The molecule has 9 nitrogen and oxygen atoms in total. The molecule has 2 N–H and O–H groups in total. The van der Waals surface area contributed by atoms with E-state index in [0.29, 0.717) is 29.6 Å². The molecule has 1 aromatic carbocycles. The van der Waals surface area contributed by atoms with Crippen LogP contribution in [-0.2, 0) is 11.3 Å². The normalized spacial score (nSPS) is 16.3. The van der Waals surface area contributed by atoms with E-state index in [9.17, 15) is 9.59 Å². The third-order valence-electron chi connectivity index (χ3n) is 5.62. The van der Waals surface area contributed by atoms with Gasteiger partial charge in [-0.25, -0.2) is 14.6 Å². The van der Waals surface area contributed by atoms with Crippen LogP contribution in [0.4, 0.5) is 22.9 Å². The molecule has 2 aromatic heterocycles. The van der Waals surface area contributed by atoms with E-state index in [1.165, 1.54) is 6.20 Å². The van der Waals surface area contributed by atoms with Crippen LogP contribution in [-0.4, -0.2) is 38.5 Å². The minimum absolute atomic E-state index is 0.0137. The molecule has 0 bridgehead atoms. The van der Waals surface area contributed by atoms with Crippen LogP contribution in [0.25, 0.3) is 5.69 Å². The molecule has 2 aliphatic rings. The van der Waals surface area contributed by atoms with Crippen molar-refractivity contribution in [3.05, 3.63) is 47.7 Å². The van der Waals surface area contributed by atoms with Crippen LogP contribution in [0.1, 0.15) is 52.2 Å². The Kier molecular flexibility index (Phi) is 4.08. The number of fused-ring (bicyclic) bond motifs is 3. The summed E-state index contributed by atoms with van der Waals surface area (Å²) in [6.45, 7) is -0.0402. The Hall–Kier alpha value is -3.75. The predicted molar refractivity (Wildman–Crippen MR) is 122 cm³/mol. The monoisotopic (exact) mass is 434 g/mol. The molecule has 1 fully saturated rings. The Labute approximate surface area is 190 Å². The molecule has 0 atom stereocenters. The fourth-order valence-corrected chi connectivity index (χ4v) is 3.91. The van der Waals surface area contributed by atoms with Crippen molar-refractivity contribution in [1.82, 2.24) is 19.7 Å². The van der Waals surface area contributed by atoms with Crippen LogP contribution in [0, 0.1) is 12.8 Å². The standard InChI is InChI=1S/C23H25N7O2/c1-4-19(31)15-11-24-20(27-23(32)14-8-9-14)10-17(15)26-16-6-5-7-18-22(16)29(3)12-21-25-13(2)28-30(18)21/h5-7,10-11,14H,4,8-9,12H2,1-3H3,(H2,24,26,27,32)/i1D3. The lowest BCUT2D eigenvalue weighted by atomic mass is 10.1. The Bertz CT molecular complexity index is 1330. The lowest BCUT2D eigenvalue weighted by Gasteiger charge is -2.30. The number of benzene rings is 1.